The van der Waals surface area contributed by atoms with Crippen molar-refractivity contribution in [2.45, 2.75) is 11.8 Å². The molecule has 0 fully saturated rings. The number of hydrogen-bond donors (Lipinski definition) is 1. The van der Waals surface area contributed by atoms with E-state index in [0.29, 0.717) is 5.56 Å². The molecule has 0 saturated heterocycles. The van der Waals surface area contributed by atoms with Gasteiger partial charge >= 0.3 is 0 Å². The molecule has 0 unspecified atom stereocenters. The summed E-state index contributed by atoms with van der Waals surface area (Å²) in [4.78, 5) is 0.146. The van der Waals surface area contributed by atoms with Crippen LogP contribution >= 0.6 is 0 Å². The van der Waals surface area contributed by atoms with E-state index in [-0.39, 0.29) is 11.4 Å². The number of nitrogens with one attached hydrogen (secondary N) is 1. The van der Waals surface area contributed by atoms with Gasteiger partial charge in [-0.25, -0.2) is 13.1 Å². The molecule has 1 N–H and O–H groups in total. The normalized spacial score (nSPS) is 10.8. The molecule has 0 amide bonds. The van der Waals surface area contributed by atoms with Crippen LogP contribution in [0.2, 0.25) is 0 Å². The standard InChI is InChI=1S/C11H12N2O2S/c1-9(2)8-13-16(14,15)11-5-3-10(7-12)4-6-11/h3-6,13H,1,8H2,2H3. The molecule has 5 heteroatoms. The molecule has 4 nitrogen and oxygen atoms in total. The van der Waals surface area contributed by atoms with Gasteiger partial charge in [0, 0.05) is 6.54 Å². The zero-order valence-corrected chi connectivity index (χ0v) is 9.71. The summed E-state index contributed by atoms with van der Waals surface area (Å²) in [5, 5.41) is 8.58. The zero-order valence-electron chi connectivity index (χ0n) is 8.90. The fourth-order valence-corrected chi connectivity index (χ4v) is 2.11. The van der Waals surface area contributed by atoms with E-state index in [1.165, 1.54) is 24.3 Å². The van der Waals surface area contributed by atoms with Crippen LogP contribution in [0.25, 0.3) is 0 Å². The van der Waals surface area contributed by atoms with Crippen LogP contribution in [0.4, 0.5) is 0 Å². The molecule has 0 radical (unpaired) electrons. The molecule has 84 valence electrons. The molecular weight excluding hydrogens is 224 g/mol. The average molecular weight is 236 g/mol. The summed E-state index contributed by atoms with van der Waals surface area (Å²) in [6.07, 6.45) is 0. The molecule has 0 aromatic heterocycles. The highest BCUT2D eigenvalue weighted by atomic mass is 32.2. The minimum absolute atomic E-state index is 0.146. The smallest absolute Gasteiger partial charge is 0.207 e. The van der Waals surface area contributed by atoms with Crippen molar-refractivity contribution in [2.24, 2.45) is 0 Å². The first-order valence-corrected chi connectivity index (χ1v) is 6.08. The van der Waals surface area contributed by atoms with Gasteiger partial charge in [-0.1, -0.05) is 12.2 Å². The maximum atomic E-state index is 11.7. The van der Waals surface area contributed by atoms with Crippen LogP contribution in [-0.2, 0) is 10.0 Å². The minimum atomic E-state index is -3.50. The second-order valence-electron chi connectivity index (χ2n) is 3.42. The molecule has 0 bridgehead atoms. The van der Waals surface area contributed by atoms with E-state index in [2.05, 4.69) is 11.3 Å². The lowest BCUT2D eigenvalue weighted by atomic mass is 10.2. The Bertz CT molecular complexity index is 524. The first-order valence-electron chi connectivity index (χ1n) is 4.60. The third kappa shape index (κ3) is 3.19. The van der Waals surface area contributed by atoms with E-state index in [0.717, 1.165) is 5.57 Å². The van der Waals surface area contributed by atoms with Crippen LogP contribution in [0.1, 0.15) is 12.5 Å². The van der Waals surface area contributed by atoms with Gasteiger partial charge in [0.15, 0.2) is 0 Å². The lowest BCUT2D eigenvalue weighted by Gasteiger charge is -2.06. The minimum Gasteiger partial charge on any atom is -0.207 e. The van der Waals surface area contributed by atoms with Gasteiger partial charge in [-0.05, 0) is 31.2 Å². The maximum Gasteiger partial charge on any atom is 0.240 e. The summed E-state index contributed by atoms with van der Waals surface area (Å²) in [5.41, 5.74) is 1.16. The topological polar surface area (TPSA) is 70.0 Å². The van der Waals surface area contributed by atoms with Gasteiger partial charge in [0.1, 0.15) is 0 Å². The number of benzene rings is 1. The van der Waals surface area contributed by atoms with E-state index in [4.69, 9.17) is 5.26 Å². The van der Waals surface area contributed by atoms with Crippen molar-refractivity contribution in [3.05, 3.63) is 42.0 Å². The van der Waals surface area contributed by atoms with Crippen molar-refractivity contribution in [3.8, 4) is 6.07 Å². The van der Waals surface area contributed by atoms with E-state index < -0.39 is 10.0 Å². The van der Waals surface area contributed by atoms with Crippen LogP contribution in [0, 0.1) is 11.3 Å². The second kappa shape index (κ2) is 4.92. The number of rotatable bonds is 4. The van der Waals surface area contributed by atoms with Gasteiger partial charge < -0.3 is 0 Å². The molecule has 1 aromatic rings. The Kier molecular flexibility index (Phi) is 3.82. The molecule has 1 rings (SSSR count). The Morgan fingerprint density at radius 2 is 2.00 bits per heavy atom. The third-order valence-corrected chi connectivity index (χ3v) is 3.27. The molecule has 0 spiro atoms. The molecule has 0 aliphatic rings. The van der Waals surface area contributed by atoms with Gasteiger partial charge in [0.05, 0.1) is 16.5 Å². The summed E-state index contributed by atoms with van der Waals surface area (Å²) < 4.78 is 25.8. The van der Waals surface area contributed by atoms with Crippen LogP contribution in [0.5, 0.6) is 0 Å². The lowest BCUT2D eigenvalue weighted by Crippen LogP contribution is -2.25. The molecule has 16 heavy (non-hydrogen) atoms. The number of nitrogens with zero attached hydrogens (tertiary/aromatic N) is 1. The predicted molar refractivity (Wildman–Crippen MR) is 61.2 cm³/mol. The Hall–Kier alpha value is -1.64. The van der Waals surface area contributed by atoms with Gasteiger partial charge in [-0.15, -0.1) is 0 Å². The third-order valence-electron chi connectivity index (χ3n) is 1.86. The number of sulfonamides is 1. The van der Waals surface area contributed by atoms with Crippen molar-refractivity contribution in [1.82, 2.24) is 4.72 Å². The first-order chi connectivity index (χ1) is 7.45. The first kappa shape index (κ1) is 12.4. The highest BCUT2D eigenvalue weighted by molar-refractivity contribution is 7.89. The Morgan fingerprint density at radius 1 is 1.44 bits per heavy atom. The van der Waals surface area contributed by atoms with Crippen LogP contribution in [0.3, 0.4) is 0 Å². The highest BCUT2D eigenvalue weighted by Gasteiger charge is 2.12. The van der Waals surface area contributed by atoms with Crippen molar-refractivity contribution >= 4 is 10.0 Å². The van der Waals surface area contributed by atoms with Gasteiger partial charge in [-0.3, -0.25) is 0 Å². The van der Waals surface area contributed by atoms with Gasteiger partial charge in [0.25, 0.3) is 0 Å². The second-order valence-corrected chi connectivity index (χ2v) is 5.18. The average Bonchev–Trinajstić information content (AvgIpc) is 2.27. The maximum absolute atomic E-state index is 11.7. The summed E-state index contributed by atoms with van der Waals surface area (Å²) in [7, 11) is -3.50. The fraction of sp³-hybridized carbons (Fsp3) is 0.182. The van der Waals surface area contributed by atoms with Gasteiger partial charge in [0.2, 0.25) is 10.0 Å². The molecule has 0 atom stereocenters. The Balaban J connectivity index is 2.91. The number of nitriles is 1. The van der Waals surface area contributed by atoms with Crippen LogP contribution in [0.15, 0.2) is 41.3 Å². The quantitative estimate of drug-likeness (QED) is 0.803. The summed E-state index contributed by atoms with van der Waals surface area (Å²) in [6, 6.07) is 7.67. The summed E-state index contributed by atoms with van der Waals surface area (Å²) in [6.45, 7) is 5.56. The molecule has 0 aliphatic carbocycles. The van der Waals surface area contributed by atoms with Crippen LogP contribution < -0.4 is 4.72 Å². The largest absolute Gasteiger partial charge is 0.240 e. The molecule has 1 aromatic carbocycles. The van der Waals surface area contributed by atoms with Crippen LogP contribution in [-0.4, -0.2) is 15.0 Å². The SMILES string of the molecule is C=C(C)CNS(=O)(=O)c1ccc(C#N)cc1. The Morgan fingerprint density at radius 3 is 2.44 bits per heavy atom. The monoisotopic (exact) mass is 236 g/mol. The Labute approximate surface area is 95.3 Å². The fourth-order valence-electron chi connectivity index (χ4n) is 1.01. The van der Waals surface area contributed by atoms with Crippen molar-refractivity contribution < 1.29 is 8.42 Å². The summed E-state index contributed by atoms with van der Waals surface area (Å²) in [5.74, 6) is 0. The molecule has 0 heterocycles. The zero-order chi connectivity index (χ0) is 12.2. The van der Waals surface area contributed by atoms with E-state index in [9.17, 15) is 8.42 Å². The highest BCUT2D eigenvalue weighted by Crippen LogP contribution is 2.09. The van der Waals surface area contributed by atoms with Crippen molar-refractivity contribution in [1.29, 1.82) is 5.26 Å². The van der Waals surface area contributed by atoms with Crippen molar-refractivity contribution in [2.75, 3.05) is 6.54 Å². The number of hydrogen-bond acceptors (Lipinski definition) is 3. The van der Waals surface area contributed by atoms with E-state index >= 15 is 0 Å². The molecular formula is C11H12N2O2S. The molecule has 0 saturated carbocycles. The summed E-state index contributed by atoms with van der Waals surface area (Å²) >= 11 is 0. The van der Waals surface area contributed by atoms with Gasteiger partial charge in [-0.2, -0.15) is 5.26 Å². The lowest BCUT2D eigenvalue weighted by molar-refractivity contribution is 0.584. The molecule has 0 aliphatic heterocycles. The van der Waals surface area contributed by atoms with E-state index in [1.807, 2.05) is 6.07 Å². The predicted octanol–water partition coefficient (Wildman–Crippen LogP) is 1.41. The van der Waals surface area contributed by atoms with Crippen molar-refractivity contribution in [3.63, 3.8) is 0 Å². The van der Waals surface area contributed by atoms with E-state index in [1.54, 1.807) is 6.92 Å².